The Morgan fingerprint density at radius 1 is 1.11 bits per heavy atom. The average molecular weight is 494 g/mol. The number of ether oxygens (including phenoxy) is 2. The number of hydrogen-bond donors (Lipinski definition) is 1. The number of carbonyl (C=O) groups is 2. The van der Waals surface area contributed by atoms with Crippen LogP contribution in [0.3, 0.4) is 0 Å². The summed E-state index contributed by atoms with van der Waals surface area (Å²) in [5, 5.41) is 11.1. The Morgan fingerprint density at radius 2 is 1.86 bits per heavy atom. The highest BCUT2D eigenvalue weighted by atomic mass is 16.6. The third kappa shape index (κ3) is 2.34. The van der Waals surface area contributed by atoms with E-state index in [1.165, 1.54) is 0 Å². The van der Waals surface area contributed by atoms with Gasteiger partial charge < -0.3 is 14.6 Å². The number of carbonyl (C=O) groups excluding carboxylic acids is 2. The minimum absolute atomic E-state index is 0.148. The topological polar surface area (TPSA) is 76.1 Å². The SMILES string of the molecule is Cc1cc(O)c2c(c1)[C@]1(C)C[C@@]34OC(=O)C[C@@](C)([C@H]1C(=O)[C@@H]2C)[C@]3(C)CC[C@]12C[C@@H](C)C[C@@H](CN14)O2. The van der Waals surface area contributed by atoms with E-state index in [1.54, 1.807) is 6.07 Å². The van der Waals surface area contributed by atoms with Crippen molar-refractivity contribution in [2.24, 2.45) is 22.7 Å². The number of rotatable bonds is 0. The Bertz CT molecular complexity index is 1230. The van der Waals surface area contributed by atoms with Crippen molar-refractivity contribution in [2.75, 3.05) is 6.54 Å². The monoisotopic (exact) mass is 493 g/mol. The maximum Gasteiger partial charge on any atom is 0.308 e. The Labute approximate surface area is 213 Å². The fourth-order valence-corrected chi connectivity index (χ4v) is 10.5. The van der Waals surface area contributed by atoms with Crippen LogP contribution < -0.4 is 0 Å². The van der Waals surface area contributed by atoms with Gasteiger partial charge in [-0.3, -0.25) is 9.59 Å². The van der Waals surface area contributed by atoms with Crippen LogP contribution in [0.4, 0.5) is 0 Å². The first kappa shape index (κ1) is 23.2. The molecule has 6 aliphatic rings. The van der Waals surface area contributed by atoms with Crippen molar-refractivity contribution in [1.82, 2.24) is 4.90 Å². The van der Waals surface area contributed by atoms with E-state index in [2.05, 4.69) is 38.7 Å². The molecule has 6 nitrogen and oxygen atoms in total. The standard InChI is InChI=1S/C30H39NO5/c1-16-10-20-23(21(32)11-16)18(3)24(34)25-26(20,4)15-30-28(6,27(25,5)13-22(33)36-30)7-8-29-12-17(2)9-19(35-29)14-31(29)30/h10-11,17-19,25,32H,7-9,12-15H2,1-6H3/t17-,18+,19-,25-,26-,27-,28-,29-,30+/m0/s1. The van der Waals surface area contributed by atoms with Crippen LogP contribution in [-0.4, -0.2) is 45.9 Å². The second kappa shape index (κ2) is 6.55. The van der Waals surface area contributed by atoms with Crippen molar-refractivity contribution < 1.29 is 24.2 Å². The highest BCUT2D eigenvalue weighted by Crippen LogP contribution is 2.76. The number of piperidine rings is 1. The van der Waals surface area contributed by atoms with Crippen LogP contribution in [0.2, 0.25) is 0 Å². The number of Topliss-reactive ketones (excluding diaryl/α,β-unsaturated/α-hetero) is 1. The molecule has 6 heteroatoms. The average Bonchev–Trinajstić information content (AvgIpc) is 3.04. The first-order valence-corrected chi connectivity index (χ1v) is 13.9. The quantitative estimate of drug-likeness (QED) is 0.516. The van der Waals surface area contributed by atoms with Gasteiger partial charge in [-0.2, -0.15) is 0 Å². The molecular weight excluding hydrogens is 454 g/mol. The lowest BCUT2D eigenvalue weighted by Gasteiger charge is -2.75. The van der Waals surface area contributed by atoms with Crippen LogP contribution in [0.25, 0.3) is 0 Å². The van der Waals surface area contributed by atoms with Gasteiger partial charge in [0.05, 0.1) is 12.5 Å². The van der Waals surface area contributed by atoms with Crippen molar-refractivity contribution in [3.63, 3.8) is 0 Å². The molecule has 2 aliphatic carbocycles. The van der Waals surface area contributed by atoms with Crippen LogP contribution in [0.15, 0.2) is 12.1 Å². The number of phenols is 1. The van der Waals surface area contributed by atoms with Crippen molar-refractivity contribution in [3.05, 3.63) is 28.8 Å². The predicted octanol–water partition coefficient (Wildman–Crippen LogP) is 4.94. The first-order valence-electron chi connectivity index (χ1n) is 13.9. The molecule has 0 radical (unpaired) electrons. The summed E-state index contributed by atoms with van der Waals surface area (Å²) in [5.41, 5.74) is 0.0164. The summed E-state index contributed by atoms with van der Waals surface area (Å²) in [6.07, 6.45) is 4.69. The molecule has 194 valence electrons. The molecular formula is C30H39NO5. The van der Waals surface area contributed by atoms with Gasteiger partial charge in [0.2, 0.25) is 0 Å². The van der Waals surface area contributed by atoms with Gasteiger partial charge in [0, 0.05) is 41.2 Å². The molecule has 7 rings (SSSR count). The summed E-state index contributed by atoms with van der Waals surface area (Å²) >= 11 is 0. The van der Waals surface area contributed by atoms with E-state index < -0.39 is 28.2 Å². The number of nitrogens with zero attached hydrogens (tertiary/aromatic N) is 1. The number of fused-ring (bicyclic) bond motifs is 5. The number of ketones is 1. The number of benzene rings is 1. The molecule has 9 atom stereocenters. The summed E-state index contributed by atoms with van der Waals surface area (Å²) in [7, 11) is 0. The van der Waals surface area contributed by atoms with Gasteiger partial charge in [-0.25, -0.2) is 4.90 Å². The molecule has 1 spiro atoms. The van der Waals surface area contributed by atoms with Gasteiger partial charge in [0.25, 0.3) is 0 Å². The summed E-state index contributed by atoms with van der Waals surface area (Å²) in [4.78, 5) is 30.3. The largest absolute Gasteiger partial charge is 0.508 e. The molecule has 0 amide bonds. The number of esters is 1. The Morgan fingerprint density at radius 3 is 2.61 bits per heavy atom. The van der Waals surface area contributed by atoms with E-state index in [0.717, 1.165) is 48.9 Å². The zero-order chi connectivity index (χ0) is 25.6. The second-order valence-electron chi connectivity index (χ2n) is 13.9. The number of aromatic hydroxyl groups is 1. The van der Waals surface area contributed by atoms with Crippen molar-refractivity contribution in [1.29, 1.82) is 0 Å². The lowest BCUT2D eigenvalue weighted by atomic mass is 9.35. The van der Waals surface area contributed by atoms with Crippen molar-refractivity contribution in [3.8, 4) is 5.75 Å². The predicted molar refractivity (Wildman–Crippen MR) is 133 cm³/mol. The van der Waals surface area contributed by atoms with Crippen LogP contribution in [0.5, 0.6) is 5.75 Å². The smallest absolute Gasteiger partial charge is 0.308 e. The van der Waals surface area contributed by atoms with Crippen LogP contribution >= 0.6 is 0 Å². The number of phenolic OH excluding ortho intramolecular Hbond substituents is 1. The van der Waals surface area contributed by atoms with Crippen LogP contribution in [0, 0.1) is 29.6 Å². The first-order chi connectivity index (χ1) is 16.8. The molecule has 1 aromatic rings. The number of hydrogen-bond acceptors (Lipinski definition) is 6. The molecule has 5 fully saturated rings. The normalized spacial score (nSPS) is 51.1. The molecule has 0 unspecified atom stereocenters. The maximum atomic E-state index is 14.3. The highest BCUT2D eigenvalue weighted by Gasteiger charge is 2.81. The van der Waals surface area contributed by atoms with Gasteiger partial charge in [-0.1, -0.05) is 40.7 Å². The van der Waals surface area contributed by atoms with Gasteiger partial charge in [0.1, 0.15) is 17.3 Å². The van der Waals surface area contributed by atoms with Crippen molar-refractivity contribution in [2.45, 2.75) is 109 Å². The van der Waals surface area contributed by atoms with Crippen molar-refractivity contribution >= 4 is 11.8 Å². The molecule has 36 heavy (non-hydrogen) atoms. The Hall–Kier alpha value is -1.92. The Kier molecular flexibility index (Phi) is 4.23. The van der Waals surface area contributed by atoms with E-state index in [4.69, 9.17) is 9.47 Å². The van der Waals surface area contributed by atoms with Gasteiger partial charge in [0.15, 0.2) is 5.72 Å². The summed E-state index contributed by atoms with van der Waals surface area (Å²) in [5.74, 6) is -0.00359. The minimum Gasteiger partial charge on any atom is -0.508 e. The van der Waals surface area contributed by atoms with Gasteiger partial charge in [-0.05, 0) is 61.1 Å². The minimum atomic E-state index is -0.850. The molecule has 1 saturated carbocycles. The Balaban J connectivity index is 1.51. The van der Waals surface area contributed by atoms with Gasteiger partial charge in [-0.15, -0.1) is 0 Å². The molecule has 4 saturated heterocycles. The van der Waals surface area contributed by atoms with Gasteiger partial charge >= 0.3 is 5.97 Å². The second-order valence-corrected chi connectivity index (χ2v) is 13.9. The fraction of sp³-hybridized carbons (Fsp3) is 0.733. The highest BCUT2D eigenvalue weighted by molar-refractivity contribution is 5.94. The maximum absolute atomic E-state index is 14.3. The van der Waals surface area contributed by atoms with E-state index in [0.29, 0.717) is 12.3 Å². The molecule has 0 aromatic heterocycles. The molecule has 4 aliphatic heterocycles. The summed E-state index contributed by atoms with van der Waals surface area (Å²) in [6, 6.07) is 3.94. The van der Waals surface area contributed by atoms with Crippen LogP contribution in [0.1, 0.15) is 95.8 Å². The zero-order valence-corrected chi connectivity index (χ0v) is 22.4. The summed E-state index contributed by atoms with van der Waals surface area (Å²) in [6.45, 7) is 13.7. The lowest BCUT2D eigenvalue weighted by molar-refractivity contribution is -0.366. The molecule has 1 N–H and O–H groups in total. The fourth-order valence-electron chi connectivity index (χ4n) is 10.5. The zero-order valence-electron chi connectivity index (χ0n) is 22.4. The van der Waals surface area contributed by atoms with E-state index in [9.17, 15) is 14.7 Å². The van der Waals surface area contributed by atoms with Crippen LogP contribution in [-0.2, 0) is 24.5 Å². The van der Waals surface area contributed by atoms with E-state index in [1.807, 2.05) is 13.8 Å². The number of aryl methyl sites for hydroxylation is 1. The third-order valence-electron chi connectivity index (χ3n) is 11.9. The molecule has 4 bridgehead atoms. The summed E-state index contributed by atoms with van der Waals surface area (Å²) < 4.78 is 13.4. The third-order valence-corrected chi connectivity index (χ3v) is 11.9. The molecule has 1 aromatic carbocycles. The van der Waals surface area contributed by atoms with E-state index in [-0.39, 0.29) is 41.4 Å². The lowest BCUT2D eigenvalue weighted by Crippen LogP contribution is -2.82. The van der Waals surface area contributed by atoms with E-state index >= 15 is 0 Å². The molecule has 4 heterocycles.